The van der Waals surface area contributed by atoms with E-state index >= 15 is 0 Å². The highest BCUT2D eigenvalue weighted by Crippen LogP contribution is 2.25. The molecule has 6 heterocycles. The van der Waals surface area contributed by atoms with E-state index in [0.29, 0.717) is 35.6 Å². The lowest BCUT2D eigenvalue weighted by molar-refractivity contribution is -0.132. The van der Waals surface area contributed by atoms with Gasteiger partial charge < -0.3 is 30.8 Å². The van der Waals surface area contributed by atoms with Crippen LogP contribution in [0.1, 0.15) is 52.8 Å². The number of carboxylic acid groups (broad SMARTS) is 2. The smallest absolute Gasteiger partial charge is 0.377 e. The fourth-order valence-corrected chi connectivity index (χ4v) is 9.04. The van der Waals surface area contributed by atoms with Gasteiger partial charge in [-0.3, -0.25) is 19.2 Å². The Morgan fingerprint density at radius 1 is 0.474 bits per heavy atom. The number of carbonyl (C=O) groups is 6. The fourth-order valence-electron chi connectivity index (χ4n) is 9.04. The number of fused-ring (bicyclic) bond motifs is 2. The summed E-state index contributed by atoms with van der Waals surface area (Å²) in [5.74, 6) is -6.20. The normalized spacial score (nSPS) is 12.1. The maximum Gasteiger partial charge on any atom is 0.377 e. The minimum absolute atomic E-state index is 0.00151. The number of nitrogens with zero attached hydrogens (tertiary/aromatic N) is 12. The summed E-state index contributed by atoms with van der Waals surface area (Å²) < 4.78 is 6.02. The lowest BCUT2D eigenvalue weighted by Gasteiger charge is -2.18. The quantitative estimate of drug-likeness (QED) is 0.0435. The molecule has 5 aromatic carbocycles. The van der Waals surface area contributed by atoms with Crippen LogP contribution in [0.3, 0.4) is 0 Å². The summed E-state index contributed by atoms with van der Waals surface area (Å²) in [7, 11) is 0. The number of nitrogens with one attached hydrogen (secondary N) is 4. The number of ketones is 2. The third-order valence-corrected chi connectivity index (χ3v) is 13.0. The van der Waals surface area contributed by atoms with Crippen molar-refractivity contribution in [3.05, 3.63) is 192 Å². The number of Topliss-reactive ketones (excluding diaryl/α,β-unsaturated/α-hetero) is 2. The Hall–Kier alpha value is -11.0. The van der Waals surface area contributed by atoms with Gasteiger partial charge in [0.25, 0.3) is 23.4 Å². The van der Waals surface area contributed by atoms with E-state index in [0.717, 1.165) is 44.1 Å². The zero-order valence-electron chi connectivity index (χ0n) is 40.7. The molecule has 78 heavy (non-hydrogen) atoms. The lowest BCUT2D eigenvalue weighted by Crippen LogP contribution is -2.40. The predicted molar refractivity (Wildman–Crippen MR) is 278 cm³/mol. The van der Waals surface area contributed by atoms with E-state index < -0.39 is 47.4 Å². The summed E-state index contributed by atoms with van der Waals surface area (Å²) in [5.41, 5.74) is 7.55. The first kappa shape index (κ1) is 49.2. The molecule has 0 saturated carbocycles. The molecule has 0 unspecified atom stereocenters. The number of H-pyrrole nitrogens is 2. The van der Waals surface area contributed by atoms with Crippen molar-refractivity contribution in [1.82, 2.24) is 80.6 Å². The summed E-state index contributed by atoms with van der Waals surface area (Å²) in [4.78, 5) is 80.2. The zero-order chi connectivity index (χ0) is 53.9. The van der Waals surface area contributed by atoms with Crippen LogP contribution in [-0.2, 0) is 35.5 Å². The van der Waals surface area contributed by atoms with Crippen LogP contribution in [0.2, 0.25) is 0 Å². The highest BCUT2D eigenvalue weighted by Gasteiger charge is 2.24. The number of hydrogen-bond donors (Lipinski definition) is 6. The second kappa shape index (κ2) is 21.1. The highest BCUT2D eigenvalue weighted by atomic mass is 16.4. The summed E-state index contributed by atoms with van der Waals surface area (Å²) in [6.45, 7) is 0.481. The first-order valence-corrected chi connectivity index (χ1v) is 24.1. The van der Waals surface area contributed by atoms with Crippen LogP contribution in [0.5, 0.6) is 0 Å². The first-order valence-electron chi connectivity index (χ1n) is 24.1. The number of benzene rings is 5. The number of aromatic nitrogens is 14. The number of amides is 2. The molecule has 0 saturated heterocycles. The average molecular weight is 1040 g/mol. The van der Waals surface area contributed by atoms with Crippen molar-refractivity contribution in [2.45, 2.75) is 38.0 Å². The van der Waals surface area contributed by atoms with Crippen molar-refractivity contribution in [2.24, 2.45) is 0 Å². The number of aromatic amines is 2. The van der Waals surface area contributed by atoms with Crippen molar-refractivity contribution < 1.29 is 39.0 Å². The molecular formula is C54H42N16O8. The van der Waals surface area contributed by atoms with E-state index in [-0.39, 0.29) is 35.6 Å². The molecule has 0 bridgehead atoms. The Morgan fingerprint density at radius 2 is 0.872 bits per heavy atom. The number of carbonyl (C=O) groups excluding carboxylic acids is 4. The summed E-state index contributed by atoms with van der Waals surface area (Å²) >= 11 is 0. The van der Waals surface area contributed by atoms with Gasteiger partial charge in [0.15, 0.2) is 11.4 Å². The molecule has 0 fully saturated rings. The zero-order valence-corrected chi connectivity index (χ0v) is 40.7. The van der Waals surface area contributed by atoms with Crippen molar-refractivity contribution in [1.29, 1.82) is 0 Å². The Morgan fingerprint density at radius 3 is 1.27 bits per heavy atom. The molecule has 0 spiro atoms. The maximum atomic E-state index is 13.8. The van der Waals surface area contributed by atoms with Gasteiger partial charge in [-0.05, 0) is 84.6 Å². The number of carboxylic acids is 2. The van der Waals surface area contributed by atoms with Crippen LogP contribution < -0.4 is 10.6 Å². The molecule has 11 rings (SSSR count). The van der Waals surface area contributed by atoms with Crippen LogP contribution in [0, 0.1) is 0 Å². The van der Waals surface area contributed by atoms with Gasteiger partial charge in [-0.2, -0.15) is 0 Å². The Labute approximate surface area is 439 Å². The summed E-state index contributed by atoms with van der Waals surface area (Å²) in [5, 5.41) is 60.4. The number of rotatable bonds is 20. The topological polar surface area (TPSA) is 321 Å². The van der Waals surface area contributed by atoms with Crippen LogP contribution >= 0.6 is 0 Å². The molecule has 2 amide bonds. The standard InChI is InChI=1S/C54H42N16O8/c71-49(53(75)76)33-13-17-39(18-14-33)69-29-47(61-65-69)51(73)57-37(21-35-23-55-43-7-3-1-5-41(35)43)25-67-27-45(59-63-67)31-9-11-32(12-10-31)46-28-68(64-60-46)26-38(22-36-24-56-44-8-4-2-6-42(36)44)58-52(74)48-30-70(66-62-48)40-19-15-34(16-20-40)50(72)54(77)78/h1-20,23-24,27-30,37-38,55-56H,21-22,25-26H2,(H,57,73)(H,58,74)(H,75,76)(H,77,78)/t37-,38-/m0/s1. The molecule has 0 aliphatic heterocycles. The second-order valence-electron chi connectivity index (χ2n) is 18.2. The van der Waals surface area contributed by atoms with Crippen LogP contribution in [0.4, 0.5) is 0 Å². The molecule has 0 aliphatic carbocycles. The van der Waals surface area contributed by atoms with Crippen LogP contribution in [-0.4, -0.2) is 128 Å². The van der Waals surface area contributed by atoms with E-state index in [4.69, 9.17) is 10.2 Å². The monoisotopic (exact) mass is 1040 g/mol. The van der Waals surface area contributed by atoms with Gasteiger partial charge in [-0.1, -0.05) is 81.5 Å². The molecule has 6 N–H and O–H groups in total. The van der Waals surface area contributed by atoms with Crippen LogP contribution in [0.25, 0.3) is 55.7 Å². The van der Waals surface area contributed by atoms with Crippen molar-refractivity contribution in [3.63, 3.8) is 0 Å². The summed E-state index contributed by atoms with van der Waals surface area (Å²) in [6, 6.07) is 33.8. The average Bonchev–Trinajstić information content (AvgIpc) is 4.35. The molecule has 11 aromatic rings. The van der Waals surface area contributed by atoms with Crippen molar-refractivity contribution in [2.75, 3.05) is 0 Å². The number of hydrogen-bond acceptors (Lipinski definition) is 14. The number of aliphatic carboxylic acids is 2. The van der Waals surface area contributed by atoms with Gasteiger partial charge >= 0.3 is 11.9 Å². The Bertz CT molecular complexity index is 3790. The van der Waals surface area contributed by atoms with Gasteiger partial charge in [-0.25, -0.2) is 28.3 Å². The fraction of sp³-hybridized carbons (Fsp3) is 0.111. The van der Waals surface area contributed by atoms with E-state index in [1.54, 1.807) is 21.8 Å². The molecule has 6 aromatic heterocycles. The van der Waals surface area contributed by atoms with Gasteiger partial charge in [0, 0.05) is 56.5 Å². The van der Waals surface area contributed by atoms with Gasteiger partial charge in [-0.15, -0.1) is 20.4 Å². The van der Waals surface area contributed by atoms with E-state index in [2.05, 4.69) is 61.8 Å². The molecule has 24 nitrogen and oxygen atoms in total. The largest absolute Gasteiger partial charge is 0.475 e. The lowest BCUT2D eigenvalue weighted by atomic mass is 10.0. The maximum absolute atomic E-state index is 13.8. The third-order valence-electron chi connectivity index (χ3n) is 13.0. The van der Waals surface area contributed by atoms with E-state index in [1.165, 1.54) is 70.3 Å². The van der Waals surface area contributed by atoms with Gasteiger partial charge in [0.05, 0.1) is 61.3 Å². The molecule has 386 valence electrons. The van der Waals surface area contributed by atoms with E-state index in [9.17, 15) is 28.8 Å². The third kappa shape index (κ3) is 10.5. The molecule has 0 aliphatic rings. The van der Waals surface area contributed by atoms with Crippen LogP contribution in [0.15, 0.2) is 159 Å². The highest BCUT2D eigenvalue weighted by molar-refractivity contribution is 6.40. The second-order valence-corrected chi connectivity index (χ2v) is 18.2. The van der Waals surface area contributed by atoms with E-state index in [1.807, 2.05) is 85.2 Å². The van der Waals surface area contributed by atoms with Gasteiger partial charge in [0.1, 0.15) is 11.4 Å². The predicted octanol–water partition coefficient (Wildman–Crippen LogP) is 4.94. The SMILES string of the molecule is O=C(O)C(=O)c1ccc(-n2cc(C(=O)N[C@@H](Cc3c[nH]c4ccccc34)Cn3cc(-c4ccc(-c5cn(C[C@H](Cc6c[nH]c7ccccc67)NC(=O)c6cn(-c7ccc(C(=O)C(=O)O)cc7)nn6)nn5)cc4)nn3)nn2)cc1. The molecule has 2 atom stereocenters. The summed E-state index contributed by atoms with van der Waals surface area (Å²) in [6.07, 6.45) is 11.1. The Balaban J connectivity index is 0.772. The molecule has 0 radical (unpaired) electrons. The minimum Gasteiger partial charge on any atom is -0.475 e. The molecule has 24 heteroatoms. The number of para-hydroxylation sites is 2. The van der Waals surface area contributed by atoms with Crippen molar-refractivity contribution >= 4 is 57.1 Å². The van der Waals surface area contributed by atoms with Crippen molar-refractivity contribution in [3.8, 4) is 33.9 Å². The minimum atomic E-state index is -1.57. The first-order chi connectivity index (χ1) is 37.9. The Kier molecular flexibility index (Phi) is 13.3. The molecular weight excluding hydrogens is 1000 g/mol. The van der Waals surface area contributed by atoms with Gasteiger partial charge in [0.2, 0.25) is 0 Å².